The Morgan fingerprint density at radius 1 is 1.53 bits per heavy atom. The summed E-state index contributed by atoms with van der Waals surface area (Å²) in [7, 11) is 2.05. The van der Waals surface area contributed by atoms with Crippen LogP contribution in [0.3, 0.4) is 0 Å². The normalized spacial score (nSPS) is 20.5. The first-order valence-corrected chi connectivity index (χ1v) is 5.98. The van der Waals surface area contributed by atoms with Gasteiger partial charge in [0.2, 0.25) is 0 Å². The maximum atomic E-state index is 12.0. The van der Waals surface area contributed by atoms with Crippen LogP contribution >= 0.6 is 11.6 Å². The molecule has 0 radical (unpaired) electrons. The van der Waals surface area contributed by atoms with Gasteiger partial charge < -0.3 is 16.0 Å². The number of nitrogen functional groups attached to an aromatic ring is 1. The molecule has 1 atom stereocenters. The van der Waals surface area contributed by atoms with Crippen molar-refractivity contribution in [2.45, 2.75) is 12.5 Å². The Morgan fingerprint density at radius 3 is 2.88 bits per heavy atom. The average Bonchev–Trinajstić information content (AvgIpc) is 2.62. The third kappa shape index (κ3) is 3.11. The summed E-state index contributed by atoms with van der Waals surface area (Å²) in [6.07, 6.45) is 0.984. The number of nitrogens with one attached hydrogen (secondary N) is 1. The second kappa shape index (κ2) is 4.94. The van der Waals surface area contributed by atoms with Gasteiger partial charge in [0.05, 0.1) is 0 Å². The maximum Gasteiger partial charge on any atom is 0.251 e. The van der Waals surface area contributed by atoms with Gasteiger partial charge in [-0.3, -0.25) is 4.79 Å². The molecule has 2 rings (SSSR count). The number of nitrogens with zero attached hydrogens (tertiary/aromatic N) is 1. The Balaban J connectivity index is 2.04. The van der Waals surface area contributed by atoms with Gasteiger partial charge in [-0.15, -0.1) is 0 Å². The molecular formula is C12H16ClN3O. The number of rotatable bonds is 2. The molecule has 0 bridgehead atoms. The molecule has 1 aliphatic rings. The minimum Gasteiger partial charge on any atom is -0.399 e. The van der Waals surface area contributed by atoms with Crippen molar-refractivity contribution < 1.29 is 4.79 Å². The molecule has 1 unspecified atom stereocenters. The molecule has 0 saturated carbocycles. The van der Waals surface area contributed by atoms with Crippen LogP contribution in [-0.4, -0.2) is 37.0 Å². The summed E-state index contributed by atoms with van der Waals surface area (Å²) in [6, 6.07) is 5.11. The lowest BCUT2D eigenvalue weighted by Crippen LogP contribution is -2.36. The standard InChI is InChI=1S/C12H16ClN3O/c1-16-3-2-11(7-16)15-12(17)8-4-9(13)6-10(14)5-8/h4-6,11H,2-3,7,14H2,1H3,(H,15,17). The van der Waals surface area contributed by atoms with Crippen molar-refractivity contribution in [3.05, 3.63) is 28.8 Å². The molecule has 0 spiro atoms. The number of amides is 1. The Hall–Kier alpha value is -1.26. The number of benzene rings is 1. The van der Waals surface area contributed by atoms with Crippen LogP contribution in [0.15, 0.2) is 18.2 Å². The van der Waals surface area contributed by atoms with E-state index in [4.69, 9.17) is 17.3 Å². The number of likely N-dealkylation sites (tertiary alicyclic amines) is 1. The number of carbonyl (C=O) groups excluding carboxylic acids is 1. The monoisotopic (exact) mass is 253 g/mol. The minimum atomic E-state index is -0.112. The van der Waals surface area contributed by atoms with Crippen LogP contribution in [-0.2, 0) is 0 Å². The van der Waals surface area contributed by atoms with Crippen LogP contribution in [0.25, 0.3) is 0 Å². The van der Waals surface area contributed by atoms with Gasteiger partial charge in [0.1, 0.15) is 0 Å². The van der Waals surface area contributed by atoms with Crippen LogP contribution in [0.2, 0.25) is 5.02 Å². The van der Waals surface area contributed by atoms with Crippen molar-refractivity contribution >= 4 is 23.2 Å². The number of anilines is 1. The second-order valence-electron chi connectivity index (χ2n) is 4.49. The molecule has 1 aliphatic heterocycles. The number of likely N-dealkylation sites (N-methyl/N-ethyl adjacent to an activating group) is 1. The number of halogens is 1. The number of hydrogen-bond acceptors (Lipinski definition) is 3. The van der Waals surface area contributed by atoms with E-state index in [1.54, 1.807) is 18.2 Å². The Kier molecular flexibility index (Phi) is 3.54. The fourth-order valence-corrected chi connectivity index (χ4v) is 2.31. The van der Waals surface area contributed by atoms with Gasteiger partial charge in [0.25, 0.3) is 5.91 Å². The largest absolute Gasteiger partial charge is 0.399 e. The number of nitrogens with two attached hydrogens (primary N) is 1. The Labute approximate surface area is 106 Å². The first kappa shape index (κ1) is 12.2. The fraction of sp³-hybridized carbons (Fsp3) is 0.417. The van der Waals surface area contributed by atoms with Gasteiger partial charge >= 0.3 is 0 Å². The van der Waals surface area contributed by atoms with Crippen molar-refractivity contribution in [1.29, 1.82) is 0 Å². The van der Waals surface area contributed by atoms with Crippen LogP contribution < -0.4 is 11.1 Å². The Morgan fingerprint density at radius 2 is 2.29 bits per heavy atom. The SMILES string of the molecule is CN1CCC(NC(=O)c2cc(N)cc(Cl)c2)C1. The van der Waals surface area contributed by atoms with Crippen molar-refractivity contribution in [1.82, 2.24) is 10.2 Å². The molecule has 92 valence electrons. The van der Waals surface area contributed by atoms with Crippen LogP contribution in [0.4, 0.5) is 5.69 Å². The molecule has 3 N–H and O–H groups in total. The molecule has 1 heterocycles. The molecule has 1 amide bonds. The fourth-order valence-electron chi connectivity index (χ4n) is 2.06. The molecule has 1 aromatic rings. The zero-order chi connectivity index (χ0) is 12.4. The molecule has 1 saturated heterocycles. The van der Waals surface area contributed by atoms with Gasteiger partial charge in [-0.05, 0) is 38.2 Å². The summed E-state index contributed by atoms with van der Waals surface area (Å²) in [5.41, 5.74) is 6.68. The van der Waals surface area contributed by atoms with E-state index in [0.29, 0.717) is 16.3 Å². The van der Waals surface area contributed by atoms with E-state index in [1.807, 2.05) is 7.05 Å². The maximum absolute atomic E-state index is 12.0. The average molecular weight is 254 g/mol. The number of hydrogen-bond donors (Lipinski definition) is 2. The van der Waals surface area contributed by atoms with E-state index < -0.39 is 0 Å². The van der Waals surface area contributed by atoms with Crippen molar-refractivity contribution in [3.8, 4) is 0 Å². The van der Waals surface area contributed by atoms with Gasteiger partial charge in [0.15, 0.2) is 0 Å². The lowest BCUT2D eigenvalue weighted by molar-refractivity contribution is 0.0938. The highest BCUT2D eigenvalue weighted by molar-refractivity contribution is 6.31. The van der Waals surface area contributed by atoms with E-state index in [1.165, 1.54) is 0 Å². The summed E-state index contributed by atoms with van der Waals surface area (Å²) < 4.78 is 0. The predicted molar refractivity (Wildman–Crippen MR) is 69.2 cm³/mol. The molecule has 17 heavy (non-hydrogen) atoms. The quantitative estimate of drug-likeness (QED) is 0.783. The van der Waals surface area contributed by atoms with Crippen molar-refractivity contribution in [2.24, 2.45) is 0 Å². The molecule has 5 heteroatoms. The van der Waals surface area contributed by atoms with Gasteiger partial charge in [-0.1, -0.05) is 11.6 Å². The first-order chi connectivity index (χ1) is 8.04. The second-order valence-corrected chi connectivity index (χ2v) is 4.93. The highest BCUT2D eigenvalue weighted by atomic mass is 35.5. The highest BCUT2D eigenvalue weighted by Gasteiger charge is 2.21. The van der Waals surface area contributed by atoms with Gasteiger partial charge in [-0.25, -0.2) is 0 Å². The topological polar surface area (TPSA) is 58.4 Å². The lowest BCUT2D eigenvalue weighted by atomic mass is 10.1. The predicted octanol–water partition coefficient (Wildman–Crippen LogP) is 1.36. The Bertz CT molecular complexity index is 416. The summed E-state index contributed by atoms with van der Waals surface area (Å²) in [4.78, 5) is 14.2. The molecule has 0 aliphatic carbocycles. The zero-order valence-corrected chi connectivity index (χ0v) is 10.5. The van der Waals surface area contributed by atoms with Gasteiger partial charge in [0, 0.05) is 28.9 Å². The third-order valence-corrected chi connectivity index (χ3v) is 3.13. The van der Waals surface area contributed by atoms with E-state index in [-0.39, 0.29) is 11.9 Å². The summed E-state index contributed by atoms with van der Waals surface area (Å²) in [6.45, 7) is 1.91. The van der Waals surface area contributed by atoms with Crippen molar-refractivity contribution in [3.63, 3.8) is 0 Å². The lowest BCUT2D eigenvalue weighted by Gasteiger charge is -2.13. The smallest absolute Gasteiger partial charge is 0.251 e. The van der Waals surface area contributed by atoms with Crippen LogP contribution in [0.1, 0.15) is 16.8 Å². The highest BCUT2D eigenvalue weighted by Crippen LogP contribution is 2.17. The van der Waals surface area contributed by atoms with Crippen LogP contribution in [0, 0.1) is 0 Å². The molecular weight excluding hydrogens is 238 g/mol. The van der Waals surface area contributed by atoms with Crippen LogP contribution in [0.5, 0.6) is 0 Å². The van der Waals surface area contributed by atoms with Crippen molar-refractivity contribution in [2.75, 3.05) is 25.9 Å². The molecule has 1 aromatic carbocycles. The summed E-state index contributed by atoms with van der Waals surface area (Å²) in [5.74, 6) is -0.112. The molecule has 4 nitrogen and oxygen atoms in total. The zero-order valence-electron chi connectivity index (χ0n) is 9.74. The van der Waals surface area contributed by atoms with Gasteiger partial charge in [-0.2, -0.15) is 0 Å². The third-order valence-electron chi connectivity index (χ3n) is 2.91. The summed E-state index contributed by atoms with van der Waals surface area (Å²) >= 11 is 5.87. The van der Waals surface area contributed by atoms with E-state index in [9.17, 15) is 4.79 Å². The van der Waals surface area contributed by atoms with E-state index >= 15 is 0 Å². The first-order valence-electron chi connectivity index (χ1n) is 5.60. The molecule has 1 fully saturated rings. The van der Waals surface area contributed by atoms with E-state index in [0.717, 1.165) is 19.5 Å². The number of carbonyl (C=O) groups is 1. The van der Waals surface area contributed by atoms with E-state index in [2.05, 4.69) is 10.2 Å². The minimum absolute atomic E-state index is 0.112. The summed E-state index contributed by atoms with van der Waals surface area (Å²) in [5, 5.41) is 3.47. The molecule has 0 aromatic heterocycles.